The van der Waals surface area contributed by atoms with Gasteiger partial charge in [0.05, 0.1) is 6.54 Å². The zero-order chi connectivity index (χ0) is 15.6. The third-order valence-corrected chi connectivity index (χ3v) is 4.24. The Kier molecular flexibility index (Phi) is 4.54. The van der Waals surface area contributed by atoms with Crippen LogP contribution in [-0.2, 0) is 6.54 Å². The van der Waals surface area contributed by atoms with Crippen molar-refractivity contribution in [1.29, 1.82) is 0 Å². The molecule has 7 heteroatoms. The third-order valence-electron chi connectivity index (χ3n) is 3.09. The highest BCUT2D eigenvalue weighted by Gasteiger charge is 2.14. The Balaban J connectivity index is 2.10. The van der Waals surface area contributed by atoms with E-state index in [9.17, 15) is 13.6 Å². The minimum absolute atomic E-state index is 0.0889. The van der Waals surface area contributed by atoms with Gasteiger partial charge < -0.3 is 10.7 Å². The van der Waals surface area contributed by atoms with Crippen molar-refractivity contribution in [2.45, 2.75) is 20.4 Å². The number of amides is 1. The molecule has 21 heavy (non-hydrogen) atoms. The van der Waals surface area contributed by atoms with Crippen LogP contribution < -0.4 is 16.6 Å². The molecule has 0 aliphatic rings. The molecule has 112 valence electrons. The number of anilines is 1. The number of carbonyl (C=O) groups is 1. The number of nitrogens with two attached hydrogens (primary N) is 1. The predicted octanol–water partition coefficient (Wildman–Crippen LogP) is 2.86. The zero-order valence-corrected chi connectivity index (χ0v) is 12.4. The van der Waals surface area contributed by atoms with Crippen molar-refractivity contribution in [3.63, 3.8) is 0 Å². The molecule has 4 nitrogen and oxygen atoms in total. The summed E-state index contributed by atoms with van der Waals surface area (Å²) >= 11 is 1.57. The van der Waals surface area contributed by atoms with Gasteiger partial charge in [-0.3, -0.25) is 10.6 Å². The number of hydrogen-bond acceptors (Lipinski definition) is 4. The summed E-state index contributed by atoms with van der Waals surface area (Å²) in [5.74, 6) is 2.63. The van der Waals surface area contributed by atoms with E-state index in [0.29, 0.717) is 6.54 Å². The molecule has 1 aromatic carbocycles. The first-order valence-corrected chi connectivity index (χ1v) is 7.03. The average Bonchev–Trinajstić information content (AvgIpc) is 2.74. The van der Waals surface area contributed by atoms with Crippen LogP contribution in [-0.4, -0.2) is 5.91 Å². The number of nitrogens with one attached hydrogen (secondary N) is 2. The van der Waals surface area contributed by atoms with Crippen molar-refractivity contribution in [1.82, 2.24) is 5.32 Å². The molecular weight excluding hydrogens is 296 g/mol. The number of nitrogen functional groups attached to an aromatic ring is 1. The smallest absolute Gasteiger partial charge is 0.251 e. The van der Waals surface area contributed by atoms with E-state index in [1.807, 2.05) is 25.3 Å². The molecule has 0 spiro atoms. The van der Waals surface area contributed by atoms with Crippen molar-refractivity contribution in [3.8, 4) is 0 Å². The molecule has 1 amide bonds. The molecule has 0 aliphatic carbocycles. The van der Waals surface area contributed by atoms with Crippen molar-refractivity contribution in [3.05, 3.63) is 50.7 Å². The molecule has 0 radical (unpaired) electrons. The number of halogens is 2. The van der Waals surface area contributed by atoms with Gasteiger partial charge in [-0.05, 0) is 37.6 Å². The van der Waals surface area contributed by atoms with E-state index in [4.69, 9.17) is 5.84 Å². The van der Waals surface area contributed by atoms with Gasteiger partial charge in [-0.15, -0.1) is 11.3 Å². The summed E-state index contributed by atoms with van der Waals surface area (Å²) in [6.07, 6.45) is 0. The van der Waals surface area contributed by atoms with Crippen LogP contribution in [0.25, 0.3) is 0 Å². The number of aryl methyl sites for hydroxylation is 2. The van der Waals surface area contributed by atoms with E-state index in [1.54, 1.807) is 11.3 Å². The van der Waals surface area contributed by atoms with E-state index in [0.717, 1.165) is 22.6 Å². The Morgan fingerprint density at radius 3 is 2.33 bits per heavy atom. The van der Waals surface area contributed by atoms with E-state index in [2.05, 4.69) is 5.32 Å². The van der Waals surface area contributed by atoms with E-state index >= 15 is 0 Å². The van der Waals surface area contributed by atoms with Crippen LogP contribution in [0.4, 0.5) is 14.5 Å². The SMILES string of the molecule is Cc1cc(CNC(=O)c2cc(F)c(NN)c(F)c2)sc1C. The van der Waals surface area contributed by atoms with E-state index < -0.39 is 23.2 Å². The van der Waals surface area contributed by atoms with Gasteiger partial charge in [0.15, 0.2) is 11.6 Å². The van der Waals surface area contributed by atoms with Gasteiger partial charge in [0.1, 0.15) is 5.69 Å². The number of carbonyl (C=O) groups excluding carboxylic acids is 1. The molecule has 0 bridgehead atoms. The lowest BCUT2D eigenvalue weighted by atomic mass is 10.1. The summed E-state index contributed by atoms with van der Waals surface area (Å²) in [5.41, 5.74) is 2.52. The summed E-state index contributed by atoms with van der Waals surface area (Å²) < 4.78 is 27.1. The summed E-state index contributed by atoms with van der Waals surface area (Å²) in [5, 5.41) is 2.63. The molecule has 2 aromatic rings. The first-order chi connectivity index (χ1) is 9.92. The minimum Gasteiger partial charge on any atom is -0.347 e. The van der Waals surface area contributed by atoms with Crippen LogP contribution in [0.1, 0.15) is 25.7 Å². The maximum Gasteiger partial charge on any atom is 0.251 e. The molecular formula is C14H15F2N3OS. The van der Waals surface area contributed by atoms with Gasteiger partial charge >= 0.3 is 0 Å². The number of hydrogen-bond donors (Lipinski definition) is 3. The van der Waals surface area contributed by atoms with Crippen LogP contribution in [0.5, 0.6) is 0 Å². The molecule has 0 saturated heterocycles. The molecule has 0 unspecified atom stereocenters. The molecule has 0 atom stereocenters. The van der Waals surface area contributed by atoms with Crippen LogP contribution in [0.15, 0.2) is 18.2 Å². The lowest BCUT2D eigenvalue weighted by Crippen LogP contribution is -2.23. The summed E-state index contributed by atoms with van der Waals surface area (Å²) in [6, 6.07) is 3.86. The maximum absolute atomic E-state index is 13.5. The Morgan fingerprint density at radius 2 is 1.86 bits per heavy atom. The number of rotatable bonds is 4. The molecule has 1 aromatic heterocycles. The van der Waals surface area contributed by atoms with Crippen LogP contribution in [0, 0.1) is 25.5 Å². The first-order valence-electron chi connectivity index (χ1n) is 6.22. The van der Waals surface area contributed by atoms with Crippen LogP contribution >= 0.6 is 11.3 Å². The lowest BCUT2D eigenvalue weighted by Gasteiger charge is -2.08. The Bertz CT molecular complexity index is 642. The quantitative estimate of drug-likeness (QED) is 0.601. The molecule has 2 rings (SSSR count). The van der Waals surface area contributed by atoms with Crippen LogP contribution in [0.2, 0.25) is 0 Å². The Morgan fingerprint density at radius 1 is 1.24 bits per heavy atom. The highest BCUT2D eigenvalue weighted by molar-refractivity contribution is 7.12. The highest BCUT2D eigenvalue weighted by atomic mass is 32.1. The van der Waals surface area contributed by atoms with Crippen molar-refractivity contribution in [2.75, 3.05) is 5.43 Å². The standard InChI is InChI=1S/C14H15F2N3OS/c1-7-3-10(21-8(7)2)6-18-14(20)9-4-11(15)13(19-17)12(16)5-9/h3-5,19H,6,17H2,1-2H3,(H,18,20). The van der Waals surface area contributed by atoms with E-state index in [1.165, 1.54) is 4.88 Å². The van der Waals surface area contributed by atoms with Crippen molar-refractivity contribution >= 4 is 22.9 Å². The van der Waals surface area contributed by atoms with E-state index in [-0.39, 0.29) is 5.56 Å². The summed E-state index contributed by atoms with van der Waals surface area (Å²) in [4.78, 5) is 14.1. The fourth-order valence-corrected chi connectivity index (χ4v) is 2.84. The largest absolute Gasteiger partial charge is 0.347 e. The second-order valence-corrected chi connectivity index (χ2v) is 5.93. The van der Waals surface area contributed by atoms with Gasteiger partial charge in [-0.2, -0.15) is 0 Å². The van der Waals surface area contributed by atoms with Gasteiger partial charge in [0.25, 0.3) is 5.91 Å². The number of thiophene rings is 1. The fraction of sp³-hybridized carbons (Fsp3) is 0.214. The Hall–Kier alpha value is -1.99. The molecule has 0 aliphatic heterocycles. The number of benzene rings is 1. The minimum atomic E-state index is -0.912. The Labute approximate surface area is 124 Å². The summed E-state index contributed by atoms with van der Waals surface area (Å²) in [7, 11) is 0. The fourth-order valence-electron chi connectivity index (χ4n) is 1.85. The second-order valence-electron chi connectivity index (χ2n) is 4.59. The molecule has 0 saturated carbocycles. The lowest BCUT2D eigenvalue weighted by molar-refractivity contribution is 0.0950. The molecule has 4 N–H and O–H groups in total. The normalized spacial score (nSPS) is 10.5. The van der Waals surface area contributed by atoms with Gasteiger partial charge in [-0.1, -0.05) is 0 Å². The topological polar surface area (TPSA) is 67.2 Å². The summed E-state index contributed by atoms with van der Waals surface area (Å²) in [6.45, 7) is 4.30. The van der Waals surface area contributed by atoms with Crippen molar-refractivity contribution < 1.29 is 13.6 Å². The molecule has 0 fully saturated rings. The average molecular weight is 311 g/mol. The second kappa shape index (κ2) is 6.19. The van der Waals surface area contributed by atoms with Crippen LogP contribution in [0.3, 0.4) is 0 Å². The van der Waals surface area contributed by atoms with Crippen molar-refractivity contribution in [2.24, 2.45) is 5.84 Å². The predicted molar refractivity (Wildman–Crippen MR) is 79.1 cm³/mol. The third kappa shape index (κ3) is 3.37. The van der Waals surface area contributed by atoms with Gasteiger partial charge in [-0.25, -0.2) is 8.78 Å². The molecule has 1 heterocycles. The van der Waals surface area contributed by atoms with Gasteiger partial charge in [0.2, 0.25) is 0 Å². The zero-order valence-electron chi connectivity index (χ0n) is 11.6. The monoisotopic (exact) mass is 311 g/mol. The number of hydrazine groups is 1. The van der Waals surface area contributed by atoms with Gasteiger partial charge in [0, 0.05) is 15.3 Å². The highest BCUT2D eigenvalue weighted by Crippen LogP contribution is 2.21. The first kappa shape index (κ1) is 15.4. The maximum atomic E-state index is 13.5.